The van der Waals surface area contributed by atoms with Crippen LogP contribution >= 0.6 is 11.8 Å². The molecule has 0 atom stereocenters. The summed E-state index contributed by atoms with van der Waals surface area (Å²) in [5.74, 6) is 0.176. The molecule has 0 spiro atoms. The second-order valence-corrected chi connectivity index (χ2v) is 7.97. The molecular weight excluding hydrogens is 487 g/mol. The largest absolute Gasteiger partial charge is 0.497 e. The Kier molecular flexibility index (Phi) is 9.18. The van der Waals surface area contributed by atoms with Gasteiger partial charge in [-0.05, 0) is 61.0 Å². The minimum absolute atomic E-state index is 0.0924. The molecule has 9 nitrogen and oxygen atoms in total. The molecule has 3 aromatic rings. The van der Waals surface area contributed by atoms with Gasteiger partial charge in [0.25, 0.3) is 5.91 Å². The third-order valence-corrected chi connectivity index (χ3v) is 5.43. The van der Waals surface area contributed by atoms with Crippen molar-refractivity contribution in [1.82, 2.24) is 15.3 Å². The fourth-order valence-corrected chi connectivity index (χ4v) is 3.35. The smallest absolute Gasteiger partial charge is 0.251 e. The first-order valence-electron chi connectivity index (χ1n) is 11.0. The van der Waals surface area contributed by atoms with Gasteiger partial charge in [-0.1, -0.05) is 6.58 Å². The van der Waals surface area contributed by atoms with Gasteiger partial charge in [0.15, 0.2) is 0 Å². The Bertz CT molecular complexity index is 1220. The van der Waals surface area contributed by atoms with Crippen molar-refractivity contribution in [3.8, 4) is 5.75 Å². The third kappa shape index (κ3) is 6.92. The summed E-state index contributed by atoms with van der Waals surface area (Å²) in [6.07, 6.45) is 3.19. The van der Waals surface area contributed by atoms with E-state index in [1.807, 2.05) is 0 Å². The number of carbonyl (C=O) groups is 2. The lowest BCUT2D eigenvalue weighted by molar-refractivity contribution is -0.113. The van der Waals surface area contributed by atoms with E-state index in [1.54, 1.807) is 37.4 Å². The normalized spacial score (nSPS) is 10.3. The summed E-state index contributed by atoms with van der Waals surface area (Å²) >= 11 is 6.34. The second-order valence-electron chi connectivity index (χ2n) is 7.56. The Morgan fingerprint density at radius 3 is 2.64 bits per heavy atom. The van der Waals surface area contributed by atoms with Gasteiger partial charge in [0.1, 0.15) is 17.4 Å². The van der Waals surface area contributed by atoms with Crippen molar-refractivity contribution < 1.29 is 18.7 Å². The predicted molar refractivity (Wildman–Crippen MR) is 138 cm³/mol. The molecule has 0 unspecified atom stereocenters. The van der Waals surface area contributed by atoms with Crippen LogP contribution in [-0.4, -0.2) is 49.0 Å². The standard InChI is InChI=1S/C25H26ClFN6O3/c1-4-23(34)32(2)21-16-18(8-11-20(21)27)30-22-12-14-29-25(31-22)33(26)15-5-13-28-24(35)17-6-9-19(36-3)10-7-17/h4,6-12,14,16H,1,5,13,15H2,2-3H3,(H,28,35)(H,29,30,31). The Labute approximate surface area is 213 Å². The molecule has 0 aliphatic carbocycles. The molecule has 3 rings (SSSR count). The highest BCUT2D eigenvalue weighted by molar-refractivity contribution is 6.25. The van der Waals surface area contributed by atoms with Gasteiger partial charge < -0.3 is 20.3 Å². The Balaban J connectivity index is 1.55. The van der Waals surface area contributed by atoms with Crippen molar-refractivity contribution in [1.29, 1.82) is 0 Å². The number of carbonyl (C=O) groups excluding carboxylic acids is 2. The molecule has 36 heavy (non-hydrogen) atoms. The van der Waals surface area contributed by atoms with Crippen LogP contribution in [-0.2, 0) is 4.79 Å². The van der Waals surface area contributed by atoms with Crippen molar-refractivity contribution in [3.05, 3.63) is 78.8 Å². The number of methoxy groups -OCH3 is 1. The molecule has 1 aromatic heterocycles. The molecule has 0 radical (unpaired) electrons. The molecule has 11 heteroatoms. The Hall–Kier alpha value is -4.18. The van der Waals surface area contributed by atoms with Crippen LogP contribution in [0.1, 0.15) is 16.8 Å². The number of halogens is 2. The molecule has 0 saturated carbocycles. The maximum Gasteiger partial charge on any atom is 0.251 e. The first kappa shape index (κ1) is 26.4. The number of benzene rings is 2. The molecule has 0 fully saturated rings. The summed E-state index contributed by atoms with van der Waals surface area (Å²) in [5.41, 5.74) is 1.14. The average Bonchev–Trinajstić information content (AvgIpc) is 2.91. The summed E-state index contributed by atoms with van der Waals surface area (Å²) < 4.78 is 20.6. The molecule has 2 N–H and O–H groups in total. The zero-order valence-electron chi connectivity index (χ0n) is 19.9. The SMILES string of the molecule is C=CC(=O)N(C)c1cc(Nc2ccnc(N(Cl)CCCNC(=O)c3ccc(OC)cc3)n2)ccc1F. The topological polar surface area (TPSA) is 99.7 Å². The van der Waals surface area contributed by atoms with E-state index in [4.69, 9.17) is 16.5 Å². The van der Waals surface area contributed by atoms with Crippen LogP contribution in [0.4, 0.5) is 27.5 Å². The summed E-state index contributed by atoms with van der Waals surface area (Å²) in [6, 6.07) is 12.7. The van der Waals surface area contributed by atoms with Crippen LogP contribution < -0.4 is 24.7 Å². The number of likely N-dealkylation sites (N-methyl/N-ethyl adjacent to an activating group) is 1. The van der Waals surface area contributed by atoms with Crippen LogP contribution in [0, 0.1) is 5.82 Å². The summed E-state index contributed by atoms with van der Waals surface area (Å²) in [7, 11) is 3.02. The van der Waals surface area contributed by atoms with E-state index < -0.39 is 11.7 Å². The van der Waals surface area contributed by atoms with E-state index in [-0.39, 0.29) is 17.5 Å². The molecule has 2 amide bonds. The molecule has 1 heterocycles. The van der Waals surface area contributed by atoms with Crippen LogP contribution in [0.3, 0.4) is 0 Å². The molecule has 0 aliphatic heterocycles. The number of nitrogens with zero attached hydrogens (tertiary/aromatic N) is 4. The maximum atomic E-state index is 14.2. The van der Waals surface area contributed by atoms with Crippen molar-refractivity contribution in [2.24, 2.45) is 0 Å². The Morgan fingerprint density at radius 2 is 1.94 bits per heavy atom. The first-order chi connectivity index (χ1) is 17.3. The molecule has 188 valence electrons. The minimum atomic E-state index is -0.548. The number of nitrogens with one attached hydrogen (secondary N) is 2. The van der Waals surface area contributed by atoms with Crippen LogP contribution in [0.2, 0.25) is 0 Å². The number of hydrogen-bond donors (Lipinski definition) is 2. The van der Waals surface area contributed by atoms with Crippen LogP contribution in [0.25, 0.3) is 0 Å². The van der Waals surface area contributed by atoms with Gasteiger partial charge in [0.05, 0.1) is 12.8 Å². The highest BCUT2D eigenvalue weighted by Gasteiger charge is 2.14. The number of anilines is 4. The van der Waals surface area contributed by atoms with E-state index in [9.17, 15) is 14.0 Å². The van der Waals surface area contributed by atoms with Gasteiger partial charge >= 0.3 is 0 Å². The maximum absolute atomic E-state index is 14.2. The van der Waals surface area contributed by atoms with Gasteiger partial charge in [0.2, 0.25) is 11.9 Å². The summed E-state index contributed by atoms with van der Waals surface area (Å²) in [6.45, 7) is 4.20. The molecule has 2 aromatic carbocycles. The quantitative estimate of drug-likeness (QED) is 0.224. The molecular formula is C25H26ClFN6O3. The van der Waals surface area contributed by atoms with Gasteiger partial charge in [-0.15, -0.1) is 0 Å². The highest BCUT2D eigenvalue weighted by Crippen LogP contribution is 2.25. The Morgan fingerprint density at radius 1 is 1.19 bits per heavy atom. The van der Waals surface area contributed by atoms with E-state index in [2.05, 4.69) is 27.2 Å². The number of aromatic nitrogens is 2. The minimum Gasteiger partial charge on any atom is -0.497 e. The summed E-state index contributed by atoms with van der Waals surface area (Å²) in [4.78, 5) is 33.8. The monoisotopic (exact) mass is 512 g/mol. The van der Waals surface area contributed by atoms with Crippen molar-refractivity contribution >= 4 is 46.7 Å². The van der Waals surface area contributed by atoms with E-state index in [0.717, 1.165) is 11.0 Å². The van der Waals surface area contributed by atoms with Gasteiger partial charge in [-0.25, -0.2) is 9.37 Å². The molecule has 0 bridgehead atoms. The highest BCUT2D eigenvalue weighted by atomic mass is 35.5. The predicted octanol–water partition coefficient (Wildman–Crippen LogP) is 4.30. The molecule has 0 aliphatic rings. The number of ether oxygens (including phenoxy) is 1. The third-order valence-electron chi connectivity index (χ3n) is 5.11. The number of hydrogen-bond acceptors (Lipinski definition) is 7. The van der Waals surface area contributed by atoms with E-state index in [0.29, 0.717) is 42.3 Å². The zero-order chi connectivity index (χ0) is 26.1. The van der Waals surface area contributed by atoms with Crippen LogP contribution in [0.5, 0.6) is 5.75 Å². The number of rotatable bonds is 11. The van der Waals surface area contributed by atoms with Crippen molar-refractivity contribution in [2.75, 3.05) is 41.9 Å². The van der Waals surface area contributed by atoms with Gasteiger partial charge in [-0.3, -0.25) is 14.0 Å². The lowest BCUT2D eigenvalue weighted by atomic mass is 10.2. The summed E-state index contributed by atoms with van der Waals surface area (Å²) in [5, 5.41) is 5.89. The van der Waals surface area contributed by atoms with Gasteiger partial charge in [0, 0.05) is 49.4 Å². The first-order valence-corrected chi connectivity index (χ1v) is 11.3. The van der Waals surface area contributed by atoms with Crippen LogP contribution in [0.15, 0.2) is 67.4 Å². The van der Waals surface area contributed by atoms with Crippen molar-refractivity contribution in [3.63, 3.8) is 0 Å². The fourth-order valence-electron chi connectivity index (χ4n) is 3.15. The average molecular weight is 513 g/mol. The second kappa shape index (κ2) is 12.5. The molecule has 0 saturated heterocycles. The van der Waals surface area contributed by atoms with E-state index in [1.165, 1.54) is 35.9 Å². The fraction of sp³-hybridized carbons (Fsp3) is 0.200. The van der Waals surface area contributed by atoms with Gasteiger partial charge in [-0.2, -0.15) is 4.98 Å². The lowest BCUT2D eigenvalue weighted by Gasteiger charge is -2.18. The zero-order valence-corrected chi connectivity index (χ0v) is 20.6. The number of amides is 2. The van der Waals surface area contributed by atoms with E-state index >= 15 is 0 Å². The lowest BCUT2D eigenvalue weighted by Crippen LogP contribution is -2.27. The van der Waals surface area contributed by atoms with Crippen molar-refractivity contribution in [2.45, 2.75) is 6.42 Å².